The molecule has 1 fully saturated rings. The first-order chi connectivity index (χ1) is 13.9. The second kappa shape index (κ2) is 9.65. The van der Waals surface area contributed by atoms with Gasteiger partial charge < -0.3 is 10.2 Å². The van der Waals surface area contributed by atoms with Crippen molar-refractivity contribution in [2.75, 3.05) is 32.7 Å². The van der Waals surface area contributed by atoms with Gasteiger partial charge in [-0.15, -0.1) is 0 Å². The smallest absolute Gasteiger partial charge is 0.234 e. The molecule has 3 rings (SSSR count). The van der Waals surface area contributed by atoms with Crippen molar-refractivity contribution in [1.29, 1.82) is 0 Å². The third kappa shape index (κ3) is 6.12. The van der Waals surface area contributed by atoms with E-state index in [1.807, 2.05) is 47.1 Å². The number of nitrogens with zero attached hydrogens (tertiary/aromatic N) is 2. The molecule has 0 unspecified atom stereocenters. The van der Waals surface area contributed by atoms with E-state index in [1.54, 1.807) is 13.0 Å². The van der Waals surface area contributed by atoms with Gasteiger partial charge in [0.1, 0.15) is 5.82 Å². The number of hydrogen-bond acceptors (Lipinski definition) is 3. The summed E-state index contributed by atoms with van der Waals surface area (Å²) >= 11 is 0. The van der Waals surface area contributed by atoms with Gasteiger partial charge in [0.05, 0.1) is 13.0 Å². The van der Waals surface area contributed by atoms with Crippen LogP contribution in [0.2, 0.25) is 0 Å². The van der Waals surface area contributed by atoms with E-state index in [9.17, 15) is 14.0 Å². The van der Waals surface area contributed by atoms with E-state index in [0.29, 0.717) is 44.7 Å². The van der Waals surface area contributed by atoms with Gasteiger partial charge in [0, 0.05) is 32.7 Å². The molecule has 0 aromatic heterocycles. The first kappa shape index (κ1) is 21.0. The van der Waals surface area contributed by atoms with Gasteiger partial charge in [0.25, 0.3) is 0 Å². The highest BCUT2D eigenvalue weighted by molar-refractivity contribution is 5.79. The zero-order chi connectivity index (χ0) is 20.8. The Morgan fingerprint density at radius 2 is 1.62 bits per heavy atom. The molecule has 1 aliphatic rings. The summed E-state index contributed by atoms with van der Waals surface area (Å²) in [4.78, 5) is 28.6. The van der Waals surface area contributed by atoms with E-state index in [2.05, 4.69) is 5.32 Å². The van der Waals surface area contributed by atoms with E-state index in [-0.39, 0.29) is 24.2 Å². The number of aryl methyl sites for hydroxylation is 2. The molecule has 1 N–H and O–H groups in total. The van der Waals surface area contributed by atoms with Crippen molar-refractivity contribution < 1.29 is 14.0 Å². The molecule has 1 heterocycles. The van der Waals surface area contributed by atoms with Gasteiger partial charge >= 0.3 is 0 Å². The van der Waals surface area contributed by atoms with Crippen LogP contribution >= 0.6 is 0 Å². The lowest BCUT2D eigenvalue weighted by Gasteiger charge is -2.34. The minimum absolute atomic E-state index is 0.0922. The molecule has 0 spiro atoms. The molecular formula is C23H28FN3O2. The number of halogens is 1. The Balaban J connectivity index is 1.39. The number of rotatable bonds is 6. The van der Waals surface area contributed by atoms with E-state index in [1.165, 1.54) is 11.6 Å². The summed E-state index contributed by atoms with van der Waals surface area (Å²) in [7, 11) is 0. The highest BCUT2D eigenvalue weighted by Crippen LogP contribution is 2.10. The maximum Gasteiger partial charge on any atom is 0.234 e. The van der Waals surface area contributed by atoms with Crippen LogP contribution in [0.1, 0.15) is 22.3 Å². The minimum atomic E-state index is -0.261. The van der Waals surface area contributed by atoms with Crippen LogP contribution in [0.3, 0.4) is 0 Å². The highest BCUT2D eigenvalue weighted by Gasteiger charge is 2.22. The number of nitrogens with one attached hydrogen (secondary N) is 1. The van der Waals surface area contributed by atoms with Crippen molar-refractivity contribution in [2.45, 2.75) is 26.8 Å². The average molecular weight is 397 g/mol. The monoisotopic (exact) mass is 397 g/mol. The molecule has 0 saturated carbocycles. The van der Waals surface area contributed by atoms with Crippen LogP contribution in [-0.4, -0.2) is 54.3 Å². The molecule has 0 atom stereocenters. The molecule has 2 aromatic rings. The Kier molecular flexibility index (Phi) is 6.99. The standard InChI is InChI=1S/C23H28FN3O2/c1-17-3-6-19(7-4-17)14-23(29)27-11-9-26(10-12-27)16-22(28)25-15-20-8-5-18(2)21(24)13-20/h3-8,13H,9-12,14-16H2,1-2H3,(H,25,28). The molecule has 1 saturated heterocycles. The predicted octanol–water partition coefficient (Wildman–Crippen LogP) is 2.45. The van der Waals surface area contributed by atoms with E-state index in [4.69, 9.17) is 0 Å². The Bertz CT molecular complexity index is 859. The topological polar surface area (TPSA) is 52.7 Å². The van der Waals surface area contributed by atoms with Crippen LogP contribution in [0, 0.1) is 19.7 Å². The number of hydrogen-bond donors (Lipinski definition) is 1. The quantitative estimate of drug-likeness (QED) is 0.815. The fraction of sp³-hybridized carbons (Fsp3) is 0.391. The summed E-state index contributed by atoms with van der Waals surface area (Å²) in [6.07, 6.45) is 0.411. The molecule has 0 bridgehead atoms. The maximum atomic E-state index is 13.6. The Hall–Kier alpha value is -2.73. The SMILES string of the molecule is Cc1ccc(CC(=O)N2CCN(CC(=O)NCc3ccc(C)c(F)c3)CC2)cc1. The third-order valence-corrected chi connectivity index (χ3v) is 5.29. The molecule has 0 radical (unpaired) electrons. The Morgan fingerprint density at radius 3 is 2.28 bits per heavy atom. The van der Waals surface area contributed by atoms with Gasteiger partial charge in [-0.05, 0) is 36.6 Å². The summed E-state index contributed by atoms with van der Waals surface area (Å²) in [6.45, 7) is 6.93. The fourth-order valence-corrected chi connectivity index (χ4v) is 3.35. The van der Waals surface area contributed by atoms with E-state index < -0.39 is 0 Å². The largest absolute Gasteiger partial charge is 0.351 e. The van der Waals surface area contributed by atoms with Crippen LogP contribution in [0.15, 0.2) is 42.5 Å². The van der Waals surface area contributed by atoms with Gasteiger partial charge in [-0.1, -0.05) is 42.0 Å². The zero-order valence-electron chi connectivity index (χ0n) is 17.1. The van der Waals surface area contributed by atoms with Crippen LogP contribution in [0.25, 0.3) is 0 Å². The number of amides is 2. The molecular weight excluding hydrogens is 369 g/mol. The summed E-state index contributed by atoms with van der Waals surface area (Å²) in [5.74, 6) is -0.229. The second-order valence-corrected chi connectivity index (χ2v) is 7.68. The Morgan fingerprint density at radius 1 is 0.966 bits per heavy atom. The number of benzene rings is 2. The average Bonchev–Trinajstić information content (AvgIpc) is 2.71. The third-order valence-electron chi connectivity index (χ3n) is 5.29. The van der Waals surface area contributed by atoms with Crippen molar-refractivity contribution in [3.8, 4) is 0 Å². The molecule has 2 aromatic carbocycles. The lowest BCUT2D eigenvalue weighted by molar-refractivity contribution is -0.132. The first-order valence-electron chi connectivity index (χ1n) is 9.98. The van der Waals surface area contributed by atoms with Gasteiger partial charge in [0.15, 0.2) is 0 Å². The lowest BCUT2D eigenvalue weighted by atomic mass is 10.1. The highest BCUT2D eigenvalue weighted by atomic mass is 19.1. The zero-order valence-corrected chi connectivity index (χ0v) is 17.1. The van der Waals surface area contributed by atoms with Crippen molar-refractivity contribution in [3.63, 3.8) is 0 Å². The van der Waals surface area contributed by atoms with Crippen LogP contribution < -0.4 is 5.32 Å². The van der Waals surface area contributed by atoms with Crippen molar-refractivity contribution in [3.05, 3.63) is 70.5 Å². The molecule has 6 heteroatoms. The van der Waals surface area contributed by atoms with Crippen molar-refractivity contribution in [2.24, 2.45) is 0 Å². The van der Waals surface area contributed by atoms with Gasteiger partial charge in [-0.3, -0.25) is 14.5 Å². The second-order valence-electron chi connectivity index (χ2n) is 7.68. The number of piperazine rings is 1. The number of carbonyl (C=O) groups excluding carboxylic acids is 2. The van der Waals surface area contributed by atoms with Gasteiger partial charge in [-0.2, -0.15) is 0 Å². The Labute approximate surface area is 171 Å². The van der Waals surface area contributed by atoms with Crippen LogP contribution in [0.5, 0.6) is 0 Å². The van der Waals surface area contributed by atoms with Crippen molar-refractivity contribution in [1.82, 2.24) is 15.1 Å². The maximum absolute atomic E-state index is 13.6. The molecule has 29 heavy (non-hydrogen) atoms. The molecule has 5 nitrogen and oxygen atoms in total. The first-order valence-corrected chi connectivity index (χ1v) is 9.98. The fourth-order valence-electron chi connectivity index (χ4n) is 3.35. The van der Waals surface area contributed by atoms with E-state index >= 15 is 0 Å². The normalized spacial score (nSPS) is 14.7. The molecule has 2 amide bonds. The van der Waals surface area contributed by atoms with E-state index in [0.717, 1.165) is 11.1 Å². The van der Waals surface area contributed by atoms with Crippen LogP contribution in [-0.2, 0) is 22.6 Å². The summed E-state index contributed by atoms with van der Waals surface area (Å²) in [5, 5.41) is 2.84. The van der Waals surface area contributed by atoms with Crippen LogP contribution in [0.4, 0.5) is 4.39 Å². The summed E-state index contributed by atoms with van der Waals surface area (Å²) < 4.78 is 13.6. The minimum Gasteiger partial charge on any atom is -0.351 e. The molecule has 0 aliphatic carbocycles. The molecule has 1 aliphatic heterocycles. The van der Waals surface area contributed by atoms with Crippen molar-refractivity contribution >= 4 is 11.8 Å². The number of carbonyl (C=O) groups is 2. The predicted molar refractivity (Wildman–Crippen MR) is 111 cm³/mol. The molecule has 154 valence electrons. The van der Waals surface area contributed by atoms with Gasteiger partial charge in [0.2, 0.25) is 11.8 Å². The summed E-state index contributed by atoms with van der Waals surface area (Å²) in [5.41, 5.74) is 3.54. The summed E-state index contributed by atoms with van der Waals surface area (Å²) in [6, 6.07) is 13.0. The lowest BCUT2D eigenvalue weighted by Crippen LogP contribution is -2.51. The van der Waals surface area contributed by atoms with Gasteiger partial charge in [-0.25, -0.2) is 4.39 Å².